The summed E-state index contributed by atoms with van der Waals surface area (Å²) in [6.07, 6.45) is 0. The van der Waals surface area contributed by atoms with Gasteiger partial charge >= 0.3 is 0 Å². The predicted molar refractivity (Wildman–Crippen MR) is 438 cm³/mol. The number of aromatic nitrogens is 8. The summed E-state index contributed by atoms with van der Waals surface area (Å²) in [5, 5.41) is -4.00. The van der Waals surface area contributed by atoms with E-state index in [4.69, 9.17) is 39.9 Å². The number of allylic oxidation sites excluding steroid dienone is 6. The Morgan fingerprint density at radius 3 is 0.875 bits per heavy atom. The molecule has 4 unspecified atom stereocenters. The zero-order chi connectivity index (χ0) is 82.3. The Bertz CT molecular complexity index is 5940. The third-order valence-corrected chi connectivity index (χ3v) is 52.4. The van der Waals surface area contributed by atoms with Crippen molar-refractivity contribution >= 4 is 126 Å². The number of nitrogens with zero attached hydrogens (tertiary/aromatic N) is 8. The van der Waals surface area contributed by atoms with E-state index in [1.165, 1.54) is 0 Å². The van der Waals surface area contributed by atoms with Crippen molar-refractivity contribution in [1.82, 2.24) is 39.9 Å². The summed E-state index contributed by atoms with van der Waals surface area (Å²) >= 11 is 0. The predicted octanol–water partition coefficient (Wildman–Crippen LogP) is 26.2. The molecule has 2 bridgehead atoms. The van der Waals surface area contributed by atoms with Gasteiger partial charge in [-0.05, 0) is 96.0 Å². The van der Waals surface area contributed by atoms with Gasteiger partial charge in [-0.25, -0.2) is 92.6 Å². The minimum absolute atomic E-state index is 0.00116. The average Bonchev–Trinajstić information content (AvgIpc) is 0.638. The summed E-state index contributed by atoms with van der Waals surface area (Å²) in [5.41, 5.74) is -6.76. The molecule has 14 rings (SSSR count). The normalized spacial score (nSPS) is 18.7. The highest BCUT2D eigenvalue weighted by Crippen LogP contribution is 2.76. The summed E-state index contributed by atoms with van der Waals surface area (Å²) in [4.78, 5) is 41.6. The lowest BCUT2D eigenvalue weighted by Crippen LogP contribution is -2.65. The zero-order valence-corrected chi connectivity index (χ0v) is 71.8. The van der Waals surface area contributed by atoms with E-state index in [1.54, 1.807) is 90.1 Å². The molecule has 0 radical (unpaired) electrons. The summed E-state index contributed by atoms with van der Waals surface area (Å²) in [6, 6.07) is 13.4. The Morgan fingerprint density at radius 1 is 0.304 bits per heavy atom. The first-order valence-corrected chi connectivity index (χ1v) is 48.0. The molecule has 0 fully saturated rings. The number of hydrogen-bond acceptors (Lipinski definition) is 8. The highest BCUT2D eigenvalue weighted by atomic mass is 28.3. The topological polar surface area (TPSA) is 103 Å². The first kappa shape index (κ1) is 81.7. The fourth-order valence-electron chi connectivity index (χ4n) is 21.7. The second kappa shape index (κ2) is 28.3. The van der Waals surface area contributed by atoms with E-state index >= 15 is 52.7 Å². The van der Waals surface area contributed by atoms with Gasteiger partial charge in [-0.1, -0.05) is 208 Å². The van der Waals surface area contributed by atoms with Crippen molar-refractivity contribution in [2.24, 2.45) is 11.8 Å². The molecule has 0 saturated carbocycles. The van der Waals surface area contributed by atoms with Crippen LogP contribution in [0.15, 0.2) is 77.0 Å². The van der Waals surface area contributed by atoms with Gasteiger partial charge in [0.25, 0.3) is 0 Å². The second-order valence-corrected chi connectivity index (χ2v) is 57.6. The SMILES string of the molecule is CC(C)[Si](C#Cc1c2nc3c(nc2c(C#C[Si](C(C)C)(C(C)C)C(C)C)c2nc4ccccc4nc12)C1(F)C([Si](C(C)C)(C(C)C)C(C)C)=C(c2c4nc5ccccc5nc4c(C#C[Si](C(C)C)(C(C)C)C(C)C)c4nc5c(F)c6c(F)c(F)c(F)c(F)c6c(F)c5nc24)C3(F)C2C(F)=C(F)C(F)=C(F)C21)(C(C)C)C(C)C. The minimum atomic E-state index is -4.48. The molecule has 0 spiro atoms. The number of rotatable bonds is 14. The number of hydrogen-bond donors (Lipinski definition) is 0. The third-order valence-electron chi connectivity index (χ3n) is 26.3. The molecule has 112 heavy (non-hydrogen) atoms. The molecule has 586 valence electrons. The number of benzene rings is 6. The lowest BCUT2D eigenvalue weighted by molar-refractivity contribution is -0.0270. The van der Waals surface area contributed by atoms with Crippen molar-refractivity contribution in [3.63, 3.8) is 0 Å². The van der Waals surface area contributed by atoms with Crippen LogP contribution in [0.3, 0.4) is 0 Å². The third kappa shape index (κ3) is 11.0. The van der Waals surface area contributed by atoms with Crippen LogP contribution in [0.4, 0.5) is 52.7 Å². The van der Waals surface area contributed by atoms with E-state index in [0.29, 0.717) is 11.0 Å². The summed E-state index contributed by atoms with van der Waals surface area (Å²) in [5.74, 6) is -18.6. The maximum Gasteiger partial charge on any atom is 0.198 e. The quantitative estimate of drug-likeness (QED) is 0.0265. The molecule has 10 aromatic rings. The maximum atomic E-state index is 23.2. The van der Waals surface area contributed by atoms with E-state index in [-0.39, 0.29) is 105 Å². The van der Waals surface area contributed by atoms with Crippen LogP contribution in [0.5, 0.6) is 0 Å². The summed E-state index contributed by atoms with van der Waals surface area (Å²) < 4.78 is 219. The fourth-order valence-corrected chi connectivity index (χ4v) is 44.7. The molecule has 4 aromatic heterocycles. The van der Waals surface area contributed by atoms with Crippen LogP contribution in [-0.2, 0) is 11.3 Å². The van der Waals surface area contributed by atoms with Crippen molar-refractivity contribution in [3.05, 3.63) is 146 Å². The molecule has 0 amide bonds. The number of alkyl halides is 2. The Labute approximate surface area is 650 Å². The summed E-state index contributed by atoms with van der Waals surface area (Å²) in [6.45, 7) is 48.1. The molecule has 8 nitrogen and oxygen atoms in total. The molecule has 4 aliphatic rings. The van der Waals surface area contributed by atoms with Gasteiger partial charge in [0.2, 0.25) is 0 Å². The molecule has 0 N–H and O–H groups in total. The largest absolute Gasteiger partial charge is 0.244 e. The lowest BCUT2D eigenvalue weighted by Gasteiger charge is -2.61. The molecule has 4 atom stereocenters. The van der Waals surface area contributed by atoms with Crippen LogP contribution in [0.2, 0.25) is 66.5 Å². The Kier molecular flexibility index (Phi) is 20.6. The standard InChI is InChI=1S/C88H94F12N8Si4/c1-39(2)109(40(3)4,41(5)6)36-33-51-74-75(102-55-30-26-25-29-54(55)101-74)52(34-37-110(42(7)8,43(9)10)44(11)12)77-76(51)107-84-85(108-77)88(100)63-62(68(93)72(97)73(98)69(63)94)87(84,99)61(86(88)112(48(19)20,49(21)22)50(23)24)60-80-78(103-56-31-27-28-32-57(56)104-80)53(35-38-111(45(13)14,46(15)16)47(17)18)79-81(60)106-83-67(92)59-58(66(91)82(83)105-79)64(89)70(95)71(96)65(59)90/h25-32,39-50,62-63H,1-24H3. The smallest absolute Gasteiger partial charge is 0.198 e. The van der Waals surface area contributed by atoms with Crippen molar-refractivity contribution < 1.29 is 52.7 Å². The Morgan fingerprint density at radius 2 is 0.562 bits per heavy atom. The monoisotopic (exact) mass is 1600 g/mol. The molecule has 4 aliphatic carbocycles. The molecular formula is C88H94F12N8Si4. The van der Waals surface area contributed by atoms with E-state index in [1.807, 2.05) is 41.5 Å². The van der Waals surface area contributed by atoms with Gasteiger partial charge in [0.1, 0.15) is 102 Å². The molecule has 0 saturated heterocycles. The highest BCUT2D eigenvalue weighted by molar-refractivity contribution is 6.92. The van der Waals surface area contributed by atoms with E-state index in [0.717, 1.165) is 0 Å². The summed E-state index contributed by atoms with van der Waals surface area (Å²) in [7, 11) is -13.2. The first-order chi connectivity index (χ1) is 52.4. The van der Waals surface area contributed by atoms with E-state index < -0.39 is 196 Å². The van der Waals surface area contributed by atoms with E-state index in [2.05, 4.69) is 117 Å². The second-order valence-electron chi connectivity index (χ2n) is 35.0. The van der Waals surface area contributed by atoms with Crippen LogP contribution in [0, 0.1) is 81.1 Å². The minimum Gasteiger partial charge on any atom is -0.244 e. The maximum absolute atomic E-state index is 23.2. The molecule has 24 heteroatoms. The van der Waals surface area contributed by atoms with Crippen molar-refractivity contribution in [2.75, 3.05) is 0 Å². The van der Waals surface area contributed by atoms with Crippen LogP contribution < -0.4 is 0 Å². The van der Waals surface area contributed by atoms with Gasteiger partial charge in [-0.15, -0.1) is 16.6 Å². The van der Waals surface area contributed by atoms with Gasteiger partial charge in [-0.2, -0.15) is 0 Å². The van der Waals surface area contributed by atoms with Crippen LogP contribution in [0.1, 0.15) is 200 Å². The Balaban J connectivity index is 1.39. The number of fused-ring (bicyclic) bond motifs is 8. The van der Waals surface area contributed by atoms with Gasteiger partial charge in [0.15, 0.2) is 57.9 Å². The average molecular weight is 1600 g/mol. The van der Waals surface area contributed by atoms with Gasteiger partial charge in [-0.3, -0.25) is 0 Å². The van der Waals surface area contributed by atoms with Crippen molar-refractivity contribution in [2.45, 2.75) is 244 Å². The lowest BCUT2D eigenvalue weighted by atomic mass is 9.53. The number of halogens is 12. The fraction of sp³-hybridized carbons (Fsp3) is 0.455. The molecular weight excluding hydrogens is 1510 g/mol. The molecule has 6 aromatic carbocycles. The van der Waals surface area contributed by atoms with Crippen LogP contribution >= 0.6 is 0 Å². The highest BCUT2D eigenvalue weighted by Gasteiger charge is 2.78. The van der Waals surface area contributed by atoms with Gasteiger partial charge in [0, 0.05) is 11.1 Å². The first-order valence-electron chi connectivity index (χ1n) is 39.1. The van der Waals surface area contributed by atoms with Crippen molar-refractivity contribution in [1.29, 1.82) is 0 Å². The van der Waals surface area contributed by atoms with Gasteiger partial charge in [0.05, 0.1) is 69.4 Å². The number of para-hydroxylation sites is 4. The Hall–Kier alpha value is -8.35. The molecule has 0 aliphatic heterocycles. The van der Waals surface area contributed by atoms with E-state index in [9.17, 15) is 0 Å². The van der Waals surface area contributed by atoms with Crippen LogP contribution in [0.25, 0.3) is 93.6 Å². The zero-order valence-electron chi connectivity index (χ0n) is 67.8. The van der Waals surface area contributed by atoms with Crippen LogP contribution in [-0.4, -0.2) is 72.2 Å². The van der Waals surface area contributed by atoms with Crippen molar-refractivity contribution in [3.8, 4) is 34.4 Å². The van der Waals surface area contributed by atoms with Gasteiger partial charge < -0.3 is 0 Å². The molecule has 4 heterocycles.